The average Bonchev–Trinajstić information content (AvgIpc) is 3.48. The fraction of sp³-hybridized carbons (Fsp3) is 0.269. The molecular formula is C26H25ClF3N3O. The van der Waals surface area contributed by atoms with Gasteiger partial charge in [0.1, 0.15) is 11.6 Å². The predicted octanol–water partition coefficient (Wildman–Crippen LogP) is 7.56. The second kappa shape index (κ2) is 9.97. The number of aromatic amines is 2. The summed E-state index contributed by atoms with van der Waals surface area (Å²) in [5.74, 6) is 0.944. The molecule has 0 aliphatic carbocycles. The van der Waals surface area contributed by atoms with Crippen molar-refractivity contribution in [1.82, 2.24) is 15.0 Å². The molecule has 0 radical (unpaired) electrons. The lowest BCUT2D eigenvalue weighted by molar-refractivity contribution is -0.138. The van der Waals surface area contributed by atoms with Crippen LogP contribution in [0.3, 0.4) is 0 Å². The van der Waals surface area contributed by atoms with E-state index in [9.17, 15) is 13.2 Å². The van der Waals surface area contributed by atoms with Crippen molar-refractivity contribution in [2.45, 2.75) is 31.9 Å². The summed E-state index contributed by atoms with van der Waals surface area (Å²) >= 11 is 5.88. The van der Waals surface area contributed by atoms with E-state index in [-0.39, 0.29) is 5.56 Å². The van der Waals surface area contributed by atoms with Crippen molar-refractivity contribution in [2.75, 3.05) is 13.0 Å². The molecule has 4 nitrogen and oxygen atoms in total. The van der Waals surface area contributed by atoms with E-state index in [4.69, 9.17) is 16.3 Å². The SMILES string of the molecule is COc1cc(-c2cnc(C(CCCCl)c3ccccc3C(F)(F)F)[nH]2)ccc1-c1ccc(C)[nH]1. The van der Waals surface area contributed by atoms with Crippen LogP contribution in [0.2, 0.25) is 0 Å². The van der Waals surface area contributed by atoms with Crippen molar-refractivity contribution in [3.05, 3.63) is 83.4 Å². The number of nitrogens with zero attached hydrogens (tertiary/aromatic N) is 1. The zero-order valence-corrected chi connectivity index (χ0v) is 19.6. The molecule has 8 heteroatoms. The van der Waals surface area contributed by atoms with Crippen LogP contribution < -0.4 is 4.74 Å². The number of benzene rings is 2. The lowest BCUT2D eigenvalue weighted by Gasteiger charge is -2.20. The Hall–Kier alpha value is -3.19. The summed E-state index contributed by atoms with van der Waals surface area (Å²) in [6.07, 6.45) is -1.80. The number of hydrogen-bond donors (Lipinski definition) is 2. The number of alkyl halides is 4. The maximum absolute atomic E-state index is 13.7. The Balaban J connectivity index is 1.71. The summed E-state index contributed by atoms with van der Waals surface area (Å²) in [7, 11) is 1.60. The molecule has 2 aromatic carbocycles. The molecule has 0 amide bonds. The van der Waals surface area contributed by atoms with Gasteiger partial charge in [0.2, 0.25) is 0 Å². The molecule has 4 aromatic rings. The van der Waals surface area contributed by atoms with Gasteiger partial charge < -0.3 is 14.7 Å². The van der Waals surface area contributed by atoms with Gasteiger partial charge in [-0.15, -0.1) is 11.6 Å². The number of rotatable bonds is 8. The van der Waals surface area contributed by atoms with Crippen LogP contribution in [-0.2, 0) is 6.18 Å². The molecule has 0 saturated heterocycles. The summed E-state index contributed by atoms with van der Waals surface area (Å²) in [6.45, 7) is 1.98. The Morgan fingerprint density at radius 3 is 2.50 bits per heavy atom. The van der Waals surface area contributed by atoms with Gasteiger partial charge >= 0.3 is 6.18 Å². The van der Waals surface area contributed by atoms with Crippen molar-refractivity contribution in [1.29, 1.82) is 0 Å². The summed E-state index contributed by atoms with van der Waals surface area (Å²) in [5, 5.41) is 0. The van der Waals surface area contributed by atoms with Gasteiger partial charge in [-0.05, 0) is 55.7 Å². The molecule has 0 spiro atoms. The number of nitrogens with one attached hydrogen (secondary N) is 2. The maximum Gasteiger partial charge on any atom is 0.416 e. The third kappa shape index (κ3) is 4.99. The van der Waals surface area contributed by atoms with E-state index in [0.29, 0.717) is 36.0 Å². The molecule has 0 fully saturated rings. The Bertz CT molecular complexity index is 1260. The highest BCUT2D eigenvalue weighted by Crippen LogP contribution is 2.39. The fourth-order valence-electron chi connectivity index (χ4n) is 4.18. The third-order valence-corrected chi connectivity index (χ3v) is 6.10. The second-order valence-electron chi connectivity index (χ2n) is 8.12. The van der Waals surface area contributed by atoms with Gasteiger partial charge in [0.15, 0.2) is 0 Å². The number of aromatic nitrogens is 3. The maximum atomic E-state index is 13.7. The minimum absolute atomic E-state index is 0.191. The van der Waals surface area contributed by atoms with Gasteiger partial charge in [0.05, 0.1) is 24.6 Å². The van der Waals surface area contributed by atoms with Crippen LogP contribution in [0.25, 0.3) is 22.5 Å². The van der Waals surface area contributed by atoms with Crippen LogP contribution in [0.5, 0.6) is 5.75 Å². The molecule has 4 rings (SSSR count). The Labute approximate surface area is 201 Å². The largest absolute Gasteiger partial charge is 0.496 e. The predicted molar refractivity (Wildman–Crippen MR) is 128 cm³/mol. The first kappa shape index (κ1) is 24.0. The molecule has 1 unspecified atom stereocenters. The summed E-state index contributed by atoms with van der Waals surface area (Å²) in [4.78, 5) is 11.0. The fourth-order valence-corrected chi connectivity index (χ4v) is 4.34. The Morgan fingerprint density at radius 2 is 1.82 bits per heavy atom. The molecule has 34 heavy (non-hydrogen) atoms. The number of aryl methyl sites for hydroxylation is 1. The molecule has 0 aliphatic heterocycles. The first-order valence-electron chi connectivity index (χ1n) is 10.9. The van der Waals surface area contributed by atoms with E-state index < -0.39 is 17.7 Å². The standard InChI is InChI=1S/C26H25ClF3N3O/c1-16-9-12-22(32-16)20-11-10-17(14-24(20)34-2)23-15-31-25(33-23)19(7-5-13-27)18-6-3-4-8-21(18)26(28,29)30/h3-4,6,8-12,14-15,19,32H,5,7,13H2,1-2H3,(H,31,33). The molecule has 2 aromatic heterocycles. The van der Waals surface area contributed by atoms with Crippen LogP contribution in [-0.4, -0.2) is 27.9 Å². The van der Waals surface area contributed by atoms with E-state index >= 15 is 0 Å². The molecule has 2 N–H and O–H groups in total. The van der Waals surface area contributed by atoms with Crippen molar-refractivity contribution >= 4 is 11.6 Å². The normalized spacial score (nSPS) is 12.6. The van der Waals surface area contributed by atoms with Crippen molar-refractivity contribution in [2.24, 2.45) is 0 Å². The number of hydrogen-bond acceptors (Lipinski definition) is 2. The average molecular weight is 488 g/mol. The van der Waals surface area contributed by atoms with Crippen molar-refractivity contribution < 1.29 is 17.9 Å². The smallest absolute Gasteiger partial charge is 0.416 e. The highest BCUT2D eigenvalue weighted by Gasteiger charge is 2.35. The summed E-state index contributed by atoms with van der Waals surface area (Å²) in [5.41, 5.74) is 3.96. The van der Waals surface area contributed by atoms with Crippen LogP contribution in [0.1, 0.15) is 41.4 Å². The number of H-pyrrole nitrogens is 2. The minimum Gasteiger partial charge on any atom is -0.496 e. The van der Waals surface area contributed by atoms with Gasteiger partial charge in [0.25, 0.3) is 0 Å². The Kier molecular flexibility index (Phi) is 7.03. The van der Waals surface area contributed by atoms with Gasteiger partial charge in [-0.25, -0.2) is 4.98 Å². The van der Waals surface area contributed by atoms with E-state index in [1.54, 1.807) is 19.4 Å². The highest BCUT2D eigenvalue weighted by molar-refractivity contribution is 6.17. The lowest BCUT2D eigenvalue weighted by atomic mass is 9.89. The van der Waals surface area contributed by atoms with Gasteiger partial charge in [0, 0.05) is 34.3 Å². The van der Waals surface area contributed by atoms with E-state index in [1.807, 2.05) is 37.3 Å². The second-order valence-corrected chi connectivity index (χ2v) is 8.50. The van der Waals surface area contributed by atoms with Crippen molar-refractivity contribution in [3.8, 4) is 28.3 Å². The lowest BCUT2D eigenvalue weighted by Crippen LogP contribution is -2.14. The molecule has 178 valence electrons. The summed E-state index contributed by atoms with van der Waals surface area (Å²) < 4.78 is 46.7. The van der Waals surface area contributed by atoms with E-state index in [1.165, 1.54) is 12.1 Å². The summed E-state index contributed by atoms with van der Waals surface area (Å²) in [6, 6.07) is 15.4. The zero-order chi connectivity index (χ0) is 24.3. The molecule has 0 aliphatic rings. The quantitative estimate of drug-likeness (QED) is 0.252. The number of ether oxygens (including phenoxy) is 1. The first-order valence-corrected chi connectivity index (χ1v) is 11.5. The topological polar surface area (TPSA) is 53.7 Å². The molecule has 0 bridgehead atoms. The molecular weight excluding hydrogens is 463 g/mol. The molecule has 0 saturated carbocycles. The van der Waals surface area contributed by atoms with E-state index in [0.717, 1.165) is 28.6 Å². The number of halogens is 4. The van der Waals surface area contributed by atoms with Gasteiger partial charge in [-0.1, -0.05) is 24.3 Å². The van der Waals surface area contributed by atoms with Crippen molar-refractivity contribution in [3.63, 3.8) is 0 Å². The minimum atomic E-state index is -4.45. The highest BCUT2D eigenvalue weighted by atomic mass is 35.5. The monoisotopic (exact) mass is 487 g/mol. The first-order chi connectivity index (χ1) is 16.3. The van der Waals surface area contributed by atoms with Crippen LogP contribution in [0.15, 0.2) is 60.8 Å². The molecule has 1 atom stereocenters. The number of imidazole rings is 1. The zero-order valence-electron chi connectivity index (χ0n) is 18.8. The molecule has 2 heterocycles. The Morgan fingerprint density at radius 1 is 1.03 bits per heavy atom. The van der Waals surface area contributed by atoms with Crippen LogP contribution >= 0.6 is 11.6 Å². The number of methoxy groups -OCH3 is 1. The van der Waals surface area contributed by atoms with Gasteiger partial charge in [-0.3, -0.25) is 0 Å². The van der Waals surface area contributed by atoms with Crippen LogP contribution in [0, 0.1) is 6.92 Å². The third-order valence-electron chi connectivity index (χ3n) is 5.83. The van der Waals surface area contributed by atoms with Gasteiger partial charge in [-0.2, -0.15) is 13.2 Å². The van der Waals surface area contributed by atoms with Crippen LogP contribution in [0.4, 0.5) is 13.2 Å². The van der Waals surface area contributed by atoms with E-state index in [2.05, 4.69) is 15.0 Å².